The molecule has 2 saturated carbocycles. The summed E-state index contributed by atoms with van der Waals surface area (Å²) in [7, 11) is -1.06. The molecule has 38 nitrogen and oxygen atoms in total. The molecule has 3 saturated heterocycles. The van der Waals surface area contributed by atoms with Gasteiger partial charge in [-0.2, -0.15) is 83.1 Å². The van der Waals surface area contributed by atoms with Crippen LogP contribution in [0.3, 0.4) is 0 Å². The number of fused-ring (bicyclic) bond motifs is 5. The monoisotopic (exact) mass is 1800 g/mol. The summed E-state index contributed by atoms with van der Waals surface area (Å²) < 4.78 is 61.0. The molecule has 0 unspecified atom stereocenters. The number of nitrogens with one attached hydrogen (secondary N) is 6. The van der Waals surface area contributed by atoms with Gasteiger partial charge in [0.2, 0.25) is 57.6 Å². The number of aliphatic hydroxyl groups is 4. The molecule has 0 radical (unpaired) electrons. The van der Waals surface area contributed by atoms with Crippen LogP contribution in [0.1, 0.15) is 176 Å². The number of imidazole rings is 1. The standard InChI is InChI=1S/C24H36N8O3S.C23H30N8O.C21H27N7O2.C21H28N6O3S/c1-4-18-17-25-32-22(18)28-23(31-14-6-5-7-20(31)12-16-33)29-24(32)27-19-8-10-21(11-9-19)36(34,35)26-13-15-30(2)3;1-3-16-12-26-31-21(16)28-22(27-18-7-5-4-6-17(18)13-32)29-23(31)24-11-15-8-9-20-19(10-15)25-14-30(20)2;29-11-8-17-5-1-2-10-27(17)21-24-19-18(16-6-7-16)13-23-28(19)20(25-21)22-12-15-4-3-9-26(30)14-15;1-3-15-14-22-27-19(15)24-20(26-12-5-4-6-17(26)11-13-28)25-21(27)23-16-7-9-18(10-8-16)31(2,29)30/h8-11,17,20,26,33H,4-7,12-16H2,1-3H3,(H,27,28,29);8-10,12,14,17-18,32H,3-7,11,13H2,1-2H3,(H2,24,27,28,29);3-4,9,13-14,16-17,29H,1-2,5-8,10-12H2,(H,22,24,25);7-10,14,17,28H,3-6,11-13H2,1-2H3,(H,23,24,25)/t20-;17-,18-;2*17-/m0010/s1. The molecule has 129 heavy (non-hydrogen) atoms. The number of likely N-dealkylation sites (N-methyl/N-ethyl adjacent to an activating group) is 1. The highest BCUT2D eigenvalue weighted by Gasteiger charge is 2.34. The van der Waals surface area contributed by atoms with Crippen molar-refractivity contribution in [3.05, 3.63) is 161 Å². The Bertz CT molecular complexity index is 6160. The topological polar surface area (TPSA) is 451 Å². The lowest BCUT2D eigenvalue weighted by atomic mass is 9.85. The molecule has 688 valence electrons. The van der Waals surface area contributed by atoms with E-state index < -0.39 is 19.9 Å². The minimum absolute atomic E-state index is 0.126. The summed E-state index contributed by atoms with van der Waals surface area (Å²) in [6, 6.07) is 23.9. The Morgan fingerprint density at radius 2 is 1.01 bits per heavy atom. The summed E-state index contributed by atoms with van der Waals surface area (Å²) in [5, 5.41) is 84.8. The van der Waals surface area contributed by atoms with E-state index >= 15 is 0 Å². The van der Waals surface area contributed by atoms with E-state index in [0.29, 0.717) is 104 Å². The van der Waals surface area contributed by atoms with Crippen molar-refractivity contribution in [3.8, 4) is 0 Å². The van der Waals surface area contributed by atoms with Crippen LogP contribution in [-0.2, 0) is 59.3 Å². The van der Waals surface area contributed by atoms with Crippen LogP contribution in [0.25, 0.3) is 33.6 Å². The van der Waals surface area contributed by atoms with Crippen LogP contribution in [0.4, 0.5) is 59.0 Å². The molecule has 13 heterocycles. The molecule has 40 heteroatoms. The number of sulfonamides is 1. The van der Waals surface area contributed by atoms with Gasteiger partial charge in [-0.3, -0.25) is 0 Å². The normalized spacial score (nSPS) is 18.0. The second-order valence-electron chi connectivity index (χ2n) is 34.1. The van der Waals surface area contributed by atoms with E-state index in [0.717, 1.165) is 189 Å². The van der Waals surface area contributed by atoms with Crippen molar-refractivity contribution in [3.63, 3.8) is 0 Å². The van der Waals surface area contributed by atoms with Gasteiger partial charge in [0.05, 0.1) is 51.9 Å². The maximum Gasteiger partial charge on any atom is 0.240 e. The molecule has 2 aliphatic carbocycles. The van der Waals surface area contributed by atoms with Gasteiger partial charge in [-0.05, 0) is 214 Å². The number of piperidine rings is 3. The molecule has 3 aromatic carbocycles. The Morgan fingerprint density at radius 1 is 0.527 bits per heavy atom. The van der Waals surface area contributed by atoms with Crippen LogP contribution < -0.4 is 50.7 Å². The lowest BCUT2D eigenvalue weighted by Crippen LogP contribution is -2.41. The van der Waals surface area contributed by atoms with Gasteiger partial charge < -0.3 is 76.4 Å². The Hall–Kier alpha value is -11.7. The van der Waals surface area contributed by atoms with Gasteiger partial charge in [-0.15, -0.1) is 0 Å². The molecule has 5 atom stereocenters. The summed E-state index contributed by atoms with van der Waals surface area (Å²) in [6.07, 6.45) is 34.3. The Balaban J connectivity index is 0.000000132. The highest BCUT2D eigenvalue weighted by atomic mass is 32.2. The summed E-state index contributed by atoms with van der Waals surface area (Å²) in [4.78, 5) is 52.0. The molecule has 13 aromatic rings. The third-order valence-corrected chi connectivity index (χ3v) is 27.3. The highest BCUT2D eigenvalue weighted by Crippen LogP contribution is 2.43. The van der Waals surface area contributed by atoms with Crippen LogP contribution in [0.15, 0.2) is 132 Å². The van der Waals surface area contributed by atoms with Crippen LogP contribution in [0, 0.1) is 11.1 Å². The smallest absolute Gasteiger partial charge is 0.240 e. The van der Waals surface area contributed by atoms with Crippen LogP contribution in [0.2, 0.25) is 0 Å². The number of anilines is 10. The fraction of sp³-hybridized carbons (Fsp3) is 0.506. The predicted molar refractivity (Wildman–Crippen MR) is 497 cm³/mol. The third kappa shape index (κ3) is 22.3. The zero-order chi connectivity index (χ0) is 90.3. The van der Waals surface area contributed by atoms with Crippen LogP contribution >= 0.6 is 0 Å². The van der Waals surface area contributed by atoms with E-state index in [4.69, 9.17) is 39.9 Å². The molecule has 10 aromatic heterocycles. The quantitative estimate of drug-likeness (QED) is 0.0138. The molecule has 5 aliphatic rings. The lowest BCUT2D eigenvalue weighted by molar-refractivity contribution is -0.605. The van der Waals surface area contributed by atoms with Crippen LogP contribution in [-0.4, -0.2) is 234 Å². The first kappa shape index (κ1) is 92.1. The number of benzene rings is 3. The number of hydrogen-bond donors (Lipinski definition) is 10. The van der Waals surface area contributed by atoms with E-state index in [9.17, 15) is 42.5 Å². The molecule has 0 bridgehead atoms. The van der Waals surface area contributed by atoms with Crippen molar-refractivity contribution < 1.29 is 42.0 Å². The lowest BCUT2D eigenvalue weighted by Gasteiger charge is -2.35. The molecule has 18 rings (SSSR count). The first-order valence-electron chi connectivity index (χ1n) is 45.2. The molecule has 5 fully saturated rings. The van der Waals surface area contributed by atoms with Gasteiger partial charge in [0, 0.05) is 161 Å². The van der Waals surface area contributed by atoms with Crippen molar-refractivity contribution in [2.24, 2.45) is 13.0 Å². The summed E-state index contributed by atoms with van der Waals surface area (Å²) in [6.45, 7) is 11.4. The molecule has 10 N–H and O–H groups in total. The largest absolute Gasteiger partial charge is 0.619 e. The first-order chi connectivity index (χ1) is 62.6. The Morgan fingerprint density at radius 3 is 1.52 bits per heavy atom. The summed E-state index contributed by atoms with van der Waals surface area (Å²) in [5.41, 5.74) is 12.9. The van der Waals surface area contributed by atoms with Crippen molar-refractivity contribution in [2.75, 3.05) is 121 Å². The SMILES string of the molecule is CCc1cnn2c(NCc3ccc4c(c3)ncn4C)nc(N[C@H]3CCCC[C@H]3CO)nc12.CCc1cnn2c(Nc3ccc(S(=O)(=O)NCCN(C)C)cc3)nc(N3CCCC[C@H]3CCO)nc12.CCc1cnn2c(Nc3ccc(S(C)(=O)=O)cc3)nc(N3CCCC[C@H]3CCO)nc12.[O-][n+]1cccc(CNc2nc(N3CCCC[C@@H]3CCO)nc3c(C4CC4)cnn23)c1. The van der Waals surface area contributed by atoms with Crippen molar-refractivity contribution in [1.82, 2.24) is 97.5 Å². The van der Waals surface area contributed by atoms with Crippen molar-refractivity contribution in [1.29, 1.82) is 0 Å². The maximum atomic E-state index is 12.6. The van der Waals surface area contributed by atoms with Gasteiger partial charge in [-0.25, -0.2) is 26.5 Å². The maximum absolute atomic E-state index is 12.6. The predicted octanol–water partition coefficient (Wildman–Crippen LogP) is 9.72. The van der Waals surface area contributed by atoms with Gasteiger partial charge in [0.25, 0.3) is 0 Å². The number of aromatic nitrogens is 19. The number of rotatable bonds is 32. The van der Waals surface area contributed by atoms with Gasteiger partial charge in [0.1, 0.15) is 0 Å². The number of sulfone groups is 1. The minimum atomic E-state index is -3.59. The van der Waals surface area contributed by atoms with E-state index in [-0.39, 0.29) is 66.3 Å². The number of hydrogen-bond acceptors (Lipinski definition) is 31. The second-order valence-corrected chi connectivity index (χ2v) is 37.9. The second kappa shape index (κ2) is 42.3. The average Bonchev–Trinajstić information content (AvgIpc) is 1.60. The van der Waals surface area contributed by atoms with Gasteiger partial charge >= 0.3 is 0 Å². The zero-order valence-corrected chi connectivity index (χ0v) is 76.2. The molecule has 0 amide bonds. The first-order valence-corrected chi connectivity index (χ1v) is 48.6. The number of pyridine rings is 1. The molecule has 0 spiro atoms. The number of nitrogens with zero attached hydrogens (tertiary/aromatic N) is 23. The zero-order valence-electron chi connectivity index (χ0n) is 74.6. The fourth-order valence-corrected chi connectivity index (χ4v) is 19.0. The van der Waals surface area contributed by atoms with Gasteiger partial charge in [0.15, 0.2) is 44.8 Å². The molecular formula is C89H121N29O9S2. The summed E-state index contributed by atoms with van der Waals surface area (Å²) in [5.74, 6) is 5.56. The Kier molecular flexibility index (Phi) is 30.2. The molecule has 3 aliphatic heterocycles. The van der Waals surface area contributed by atoms with E-state index in [1.54, 1.807) is 91.2 Å². The minimum Gasteiger partial charge on any atom is -0.619 e. The van der Waals surface area contributed by atoms with Crippen LogP contribution in [0.5, 0.6) is 0 Å². The van der Waals surface area contributed by atoms with Crippen molar-refractivity contribution in [2.45, 2.75) is 209 Å². The van der Waals surface area contributed by atoms with Gasteiger partial charge in [-0.1, -0.05) is 39.7 Å². The number of aryl methyl sites for hydroxylation is 4. The Labute approximate surface area is 751 Å². The fourth-order valence-electron chi connectivity index (χ4n) is 17.3. The highest BCUT2D eigenvalue weighted by molar-refractivity contribution is 7.90. The number of aliphatic hydroxyl groups excluding tert-OH is 4. The average molecular weight is 1810 g/mol. The van der Waals surface area contributed by atoms with E-state index in [2.05, 4.69) is 110 Å². The van der Waals surface area contributed by atoms with E-state index in [1.165, 1.54) is 37.3 Å². The van der Waals surface area contributed by atoms with Crippen molar-refractivity contribution >= 4 is 112 Å². The third-order valence-electron chi connectivity index (χ3n) is 24.7. The molecular weight excluding hydrogens is 1680 g/mol. The van der Waals surface area contributed by atoms with E-state index in [1.807, 2.05) is 55.4 Å². The summed E-state index contributed by atoms with van der Waals surface area (Å²) >= 11 is 0.